The summed E-state index contributed by atoms with van der Waals surface area (Å²) in [6.45, 7) is -1.24. The minimum Gasteiger partial charge on any atom is -0.396 e. The van der Waals surface area contributed by atoms with Crippen molar-refractivity contribution in [3.63, 3.8) is 0 Å². The van der Waals surface area contributed by atoms with Crippen LogP contribution in [0.4, 0.5) is 8.78 Å². The maximum Gasteiger partial charge on any atom is 0.319 e. The van der Waals surface area contributed by atoms with Gasteiger partial charge in [0.05, 0.1) is 6.54 Å². The molecule has 1 heterocycles. The van der Waals surface area contributed by atoms with Crippen molar-refractivity contribution in [3.8, 4) is 0 Å². The van der Waals surface area contributed by atoms with Crippen molar-refractivity contribution in [3.05, 3.63) is 18.2 Å². The molecule has 0 radical (unpaired) electrons. The number of halogens is 2. The maximum atomic E-state index is 12.4. The van der Waals surface area contributed by atoms with Crippen molar-refractivity contribution in [2.45, 2.75) is 32.4 Å². The van der Waals surface area contributed by atoms with Crippen LogP contribution in [0.1, 0.15) is 31.6 Å². The molecule has 0 aromatic carbocycles. The monoisotopic (exact) mass is 233 g/mol. The lowest BCUT2D eigenvalue weighted by atomic mass is 10.2. The Kier molecular flexibility index (Phi) is 5.95. The second kappa shape index (κ2) is 7.29. The van der Waals surface area contributed by atoms with Crippen molar-refractivity contribution >= 4 is 0 Å². The number of aliphatic hydroxyl groups excluding tert-OH is 1. The number of nitrogens with one attached hydrogen (secondary N) is 1. The minimum absolute atomic E-state index is 0.204. The van der Waals surface area contributed by atoms with Gasteiger partial charge in [-0.25, -0.2) is 4.98 Å². The van der Waals surface area contributed by atoms with Gasteiger partial charge in [-0.3, -0.25) is 4.57 Å². The van der Waals surface area contributed by atoms with Gasteiger partial charge in [0, 0.05) is 19.0 Å². The van der Waals surface area contributed by atoms with Crippen molar-refractivity contribution in [2.24, 2.45) is 0 Å². The van der Waals surface area contributed by atoms with E-state index in [1.807, 2.05) is 0 Å². The molecule has 2 N–H and O–H groups in total. The SMILES string of the molecule is OCCCCCNCc1nccn1C(F)F. The Bertz CT molecular complexity index is 291. The molecule has 0 bridgehead atoms. The van der Waals surface area contributed by atoms with Crippen LogP contribution in [-0.4, -0.2) is 27.8 Å². The minimum atomic E-state index is -2.53. The highest BCUT2D eigenvalue weighted by Gasteiger charge is 2.10. The maximum absolute atomic E-state index is 12.4. The van der Waals surface area contributed by atoms with Crippen LogP contribution in [0.5, 0.6) is 0 Å². The van der Waals surface area contributed by atoms with Gasteiger partial charge in [-0.1, -0.05) is 0 Å². The Morgan fingerprint density at radius 3 is 2.88 bits per heavy atom. The quantitative estimate of drug-likeness (QED) is 0.669. The molecule has 0 aliphatic carbocycles. The van der Waals surface area contributed by atoms with Gasteiger partial charge in [0.2, 0.25) is 0 Å². The molecule has 0 fully saturated rings. The summed E-state index contributed by atoms with van der Waals surface area (Å²) in [5, 5.41) is 11.6. The zero-order valence-electron chi connectivity index (χ0n) is 9.07. The Balaban J connectivity index is 2.19. The fourth-order valence-corrected chi connectivity index (χ4v) is 1.40. The molecule has 0 aliphatic rings. The van der Waals surface area contributed by atoms with E-state index < -0.39 is 6.55 Å². The third-order valence-electron chi connectivity index (χ3n) is 2.25. The average molecular weight is 233 g/mol. The van der Waals surface area contributed by atoms with Gasteiger partial charge in [0.25, 0.3) is 0 Å². The Morgan fingerprint density at radius 2 is 2.19 bits per heavy atom. The van der Waals surface area contributed by atoms with Crippen molar-refractivity contribution < 1.29 is 13.9 Å². The molecule has 0 amide bonds. The van der Waals surface area contributed by atoms with E-state index in [2.05, 4.69) is 10.3 Å². The molecule has 0 atom stereocenters. The molecular formula is C10H17F2N3O. The van der Waals surface area contributed by atoms with Crippen molar-refractivity contribution in [1.82, 2.24) is 14.9 Å². The lowest BCUT2D eigenvalue weighted by molar-refractivity contribution is 0.0666. The number of aliphatic hydroxyl groups is 1. The largest absolute Gasteiger partial charge is 0.396 e. The fourth-order valence-electron chi connectivity index (χ4n) is 1.40. The molecular weight excluding hydrogens is 216 g/mol. The van der Waals surface area contributed by atoms with Crippen molar-refractivity contribution in [1.29, 1.82) is 0 Å². The Hall–Kier alpha value is -1.01. The molecule has 0 saturated carbocycles. The molecule has 0 aliphatic heterocycles. The van der Waals surface area contributed by atoms with E-state index in [4.69, 9.17) is 5.11 Å². The van der Waals surface area contributed by atoms with E-state index in [0.717, 1.165) is 30.4 Å². The van der Waals surface area contributed by atoms with Gasteiger partial charge in [-0.2, -0.15) is 8.78 Å². The van der Waals surface area contributed by atoms with Gasteiger partial charge >= 0.3 is 6.55 Å². The summed E-state index contributed by atoms with van der Waals surface area (Å²) in [6.07, 6.45) is 5.29. The summed E-state index contributed by atoms with van der Waals surface area (Å²) in [5.74, 6) is 0.345. The predicted octanol–water partition coefficient (Wildman–Crippen LogP) is 1.53. The van der Waals surface area contributed by atoms with E-state index in [-0.39, 0.29) is 6.61 Å². The lowest BCUT2D eigenvalue weighted by Gasteiger charge is -2.07. The van der Waals surface area contributed by atoms with Gasteiger partial charge in [0.15, 0.2) is 0 Å². The molecule has 0 spiro atoms. The predicted molar refractivity (Wildman–Crippen MR) is 56.1 cm³/mol. The summed E-state index contributed by atoms with van der Waals surface area (Å²) < 4.78 is 25.7. The Morgan fingerprint density at radius 1 is 1.38 bits per heavy atom. The van der Waals surface area contributed by atoms with Gasteiger partial charge in [0.1, 0.15) is 5.82 Å². The summed E-state index contributed by atoms with van der Waals surface area (Å²) >= 11 is 0. The lowest BCUT2D eigenvalue weighted by Crippen LogP contribution is -2.18. The summed E-state index contributed by atoms with van der Waals surface area (Å²) in [5.41, 5.74) is 0. The van der Waals surface area contributed by atoms with Crippen LogP contribution in [0, 0.1) is 0 Å². The molecule has 0 saturated heterocycles. The molecule has 1 aromatic rings. The number of nitrogens with zero attached hydrogens (tertiary/aromatic N) is 2. The first kappa shape index (κ1) is 13.1. The zero-order chi connectivity index (χ0) is 11.8. The molecule has 1 aromatic heterocycles. The van der Waals surface area contributed by atoms with Crippen LogP contribution in [0.3, 0.4) is 0 Å². The number of unbranched alkanes of at least 4 members (excludes halogenated alkanes) is 2. The molecule has 4 nitrogen and oxygen atoms in total. The van der Waals surface area contributed by atoms with Crippen LogP contribution < -0.4 is 5.32 Å². The third-order valence-corrected chi connectivity index (χ3v) is 2.25. The zero-order valence-corrected chi connectivity index (χ0v) is 9.07. The van der Waals surface area contributed by atoms with E-state index in [9.17, 15) is 8.78 Å². The van der Waals surface area contributed by atoms with Crippen LogP contribution in [0.25, 0.3) is 0 Å². The number of hydrogen-bond acceptors (Lipinski definition) is 3. The van der Waals surface area contributed by atoms with E-state index in [1.54, 1.807) is 0 Å². The van der Waals surface area contributed by atoms with Gasteiger partial charge in [-0.15, -0.1) is 0 Å². The first-order valence-electron chi connectivity index (χ1n) is 5.37. The molecule has 16 heavy (non-hydrogen) atoms. The van der Waals surface area contributed by atoms with Crippen LogP contribution in [0.15, 0.2) is 12.4 Å². The number of imidazole rings is 1. The number of rotatable bonds is 8. The van der Waals surface area contributed by atoms with E-state index in [0.29, 0.717) is 12.4 Å². The number of hydrogen-bond donors (Lipinski definition) is 2. The van der Waals surface area contributed by atoms with Gasteiger partial charge < -0.3 is 10.4 Å². The summed E-state index contributed by atoms with van der Waals surface area (Å²) in [4.78, 5) is 3.85. The van der Waals surface area contributed by atoms with Gasteiger partial charge in [-0.05, 0) is 25.8 Å². The highest BCUT2D eigenvalue weighted by atomic mass is 19.3. The molecule has 0 unspecified atom stereocenters. The highest BCUT2D eigenvalue weighted by Crippen LogP contribution is 2.11. The first-order valence-corrected chi connectivity index (χ1v) is 5.37. The van der Waals surface area contributed by atoms with E-state index in [1.165, 1.54) is 12.4 Å². The second-order valence-corrected chi connectivity index (χ2v) is 3.49. The second-order valence-electron chi connectivity index (χ2n) is 3.49. The molecule has 92 valence electrons. The van der Waals surface area contributed by atoms with Crippen molar-refractivity contribution in [2.75, 3.05) is 13.2 Å². The topological polar surface area (TPSA) is 50.1 Å². The molecule has 6 heteroatoms. The summed E-state index contributed by atoms with van der Waals surface area (Å²) in [7, 11) is 0. The first-order chi connectivity index (χ1) is 7.75. The average Bonchev–Trinajstić information content (AvgIpc) is 2.71. The fraction of sp³-hybridized carbons (Fsp3) is 0.700. The normalized spacial score (nSPS) is 11.2. The van der Waals surface area contributed by atoms with Crippen LogP contribution >= 0.6 is 0 Å². The third kappa shape index (κ3) is 4.24. The number of alkyl halides is 2. The summed E-state index contributed by atoms with van der Waals surface area (Å²) in [6, 6.07) is 0. The smallest absolute Gasteiger partial charge is 0.319 e. The standard InChI is InChI=1S/C10H17F2N3O/c11-10(12)15-6-5-14-9(15)8-13-4-2-1-3-7-16/h5-6,10,13,16H,1-4,7-8H2. The number of aromatic nitrogens is 2. The van der Waals surface area contributed by atoms with Crippen LogP contribution in [0.2, 0.25) is 0 Å². The highest BCUT2D eigenvalue weighted by molar-refractivity contribution is 4.92. The molecule has 1 rings (SSSR count). The van der Waals surface area contributed by atoms with Crippen LogP contribution in [-0.2, 0) is 6.54 Å². The van der Waals surface area contributed by atoms with E-state index >= 15 is 0 Å². The Labute approximate surface area is 93.3 Å².